The first kappa shape index (κ1) is 14.0. The van der Waals surface area contributed by atoms with Gasteiger partial charge in [0.05, 0.1) is 12.1 Å². The third kappa shape index (κ3) is 3.78. The summed E-state index contributed by atoms with van der Waals surface area (Å²) < 4.78 is 0. The number of anilines is 1. The molecular weight excluding hydrogens is 240 g/mol. The van der Waals surface area contributed by atoms with Gasteiger partial charge in [-0.05, 0) is 45.4 Å². The van der Waals surface area contributed by atoms with Gasteiger partial charge >= 0.3 is 0 Å². The molecule has 19 heavy (non-hydrogen) atoms. The largest absolute Gasteiger partial charge is 0.389 e. The normalized spacial score (nSPS) is 20.5. The number of hydrogen-bond acceptors (Lipinski definition) is 3. The summed E-state index contributed by atoms with van der Waals surface area (Å²) in [4.78, 5) is 14.1. The van der Waals surface area contributed by atoms with Gasteiger partial charge < -0.3 is 10.4 Å². The highest BCUT2D eigenvalue weighted by Gasteiger charge is 2.36. The molecule has 4 nitrogen and oxygen atoms in total. The van der Waals surface area contributed by atoms with Gasteiger partial charge in [-0.3, -0.25) is 9.69 Å². The number of aliphatic hydroxyl groups is 1. The van der Waals surface area contributed by atoms with Crippen LogP contribution < -0.4 is 5.32 Å². The molecule has 2 N–H and O–H groups in total. The Morgan fingerprint density at radius 2 is 2.11 bits per heavy atom. The van der Waals surface area contributed by atoms with Crippen LogP contribution in [-0.4, -0.2) is 40.6 Å². The average molecular weight is 262 g/mol. The lowest BCUT2D eigenvalue weighted by molar-refractivity contribution is -0.118. The van der Waals surface area contributed by atoms with E-state index in [1.807, 2.05) is 44.2 Å². The topological polar surface area (TPSA) is 52.6 Å². The molecule has 1 unspecified atom stereocenters. The zero-order valence-corrected chi connectivity index (χ0v) is 11.6. The molecule has 2 rings (SSSR count). The molecule has 0 radical (unpaired) electrons. The molecular formula is C15H22N2O2. The van der Waals surface area contributed by atoms with E-state index in [9.17, 15) is 9.90 Å². The van der Waals surface area contributed by atoms with Crippen LogP contribution >= 0.6 is 0 Å². The number of rotatable bonds is 4. The zero-order valence-electron chi connectivity index (χ0n) is 11.6. The van der Waals surface area contributed by atoms with Crippen molar-refractivity contribution in [2.24, 2.45) is 0 Å². The standard InChI is InChI=1S/C15H22N2O2/c1-15(2,19)13-9-6-10-17(13)11-14(18)16-12-7-4-3-5-8-12/h3-5,7-8,13,19H,6,9-11H2,1-2H3,(H,16,18). The van der Waals surface area contributed by atoms with Crippen molar-refractivity contribution in [2.75, 3.05) is 18.4 Å². The smallest absolute Gasteiger partial charge is 0.238 e. The van der Waals surface area contributed by atoms with Crippen LogP contribution in [-0.2, 0) is 4.79 Å². The van der Waals surface area contributed by atoms with Crippen LogP contribution in [0.4, 0.5) is 5.69 Å². The van der Waals surface area contributed by atoms with Crippen LogP contribution in [0.5, 0.6) is 0 Å². The summed E-state index contributed by atoms with van der Waals surface area (Å²) in [5, 5.41) is 13.0. The monoisotopic (exact) mass is 262 g/mol. The van der Waals surface area contributed by atoms with Crippen molar-refractivity contribution in [3.63, 3.8) is 0 Å². The van der Waals surface area contributed by atoms with E-state index in [0.717, 1.165) is 25.1 Å². The molecule has 1 atom stereocenters. The van der Waals surface area contributed by atoms with E-state index >= 15 is 0 Å². The minimum Gasteiger partial charge on any atom is -0.389 e. The number of para-hydroxylation sites is 1. The minimum absolute atomic E-state index is 0.0256. The molecule has 1 aliphatic rings. The number of likely N-dealkylation sites (tertiary alicyclic amines) is 1. The maximum absolute atomic E-state index is 12.0. The Morgan fingerprint density at radius 3 is 2.74 bits per heavy atom. The van der Waals surface area contributed by atoms with E-state index in [2.05, 4.69) is 10.2 Å². The summed E-state index contributed by atoms with van der Waals surface area (Å²) in [5.41, 5.74) is 0.0512. The van der Waals surface area contributed by atoms with E-state index in [1.54, 1.807) is 0 Å². The Labute approximate surface area is 114 Å². The maximum atomic E-state index is 12.0. The molecule has 1 saturated heterocycles. The highest BCUT2D eigenvalue weighted by atomic mass is 16.3. The Hall–Kier alpha value is -1.39. The molecule has 0 aliphatic carbocycles. The van der Waals surface area contributed by atoms with Gasteiger partial charge in [0.15, 0.2) is 0 Å². The minimum atomic E-state index is -0.760. The number of nitrogens with zero attached hydrogens (tertiary/aromatic N) is 1. The number of amides is 1. The predicted octanol–water partition coefficient (Wildman–Crippen LogP) is 1.86. The van der Waals surface area contributed by atoms with Gasteiger partial charge in [-0.1, -0.05) is 18.2 Å². The highest BCUT2D eigenvalue weighted by molar-refractivity contribution is 5.92. The number of hydrogen-bond donors (Lipinski definition) is 2. The number of carbonyl (C=O) groups excluding carboxylic acids is 1. The van der Waals surface area contributed by atoms with Crippen LogP contribution in [0.15, 0.2) is 30.3 Å². The number of carbonyl (C=O) groups is 1. The first-order valence-corrected chi connectivity index (χ1v) is 6.78. The highest BCUT2D eigenvalue weighted by Crippen LogP contribution is 2.26. The van der Waals surface area contributed by atoms with Crippen molar-refractivity contribution in [3.8, 4) is 0 Å². The van der Waals surface area contributed by atoms with E-state index in [0.29, 0.717) is 6.54 Å². The van der Waals surface area contributed by atoms with Gasteiger partial charge in [0, 0.05) is 11.7 Å². The van der Waals surface area contributed by atoms with E-state index in [-0.39, 0.29) is 11.9 Å². The second-order valence-electron chi connectivity index (χ2n) is 5.70. The maximum Gasteiger partial charge on any atom is 0.238 e. The van der Waals surface area contributed by atoms with Crippen molar-refractivity contribution in [1.82, 2.24) is 4.90 Å². The van der Waals surface area contributed by atoms with Gasteiger partial charge in [0.1, 0.15) is 0 Å². The van der Waals surface area contributed by atoms with Crippen LogP contribution in [0.2, 0.25) is 0 Å². The molecule has 1 aliphatic heterocycles. The molecule has 1 amide bonds. The first-order valence-electron chi connectivity index (χ1n) is 6.78. The molecule has 1 fully saturated rings. The molecule has 4 heteroatoms. The summed E-state index contributed by atoms with van der Waals surface area (Å²) in [6, 6.07) is 9.51. The number of nitrogens with one attached hydrogen (secondary N) is 1. The van der Waals surface area contributed by atoms with Crippen LogP contribution in [0, 0.1) is 0 Å². The molecule has 1 heterocycles. The van der Waals surface area contributed by atoms with Crippen LogP contribution in [0.25, 0.3) is 0 Å². The first-order chi connectivity index (χ1) is 8.97. The Kier molecular flexibility index (Phi) is 4.22. The van der Waals surface area contributed by atoms with Gasteiger partial charge in [-0.2, -0.15) is 0 Å². The fourth-order valence-corrected chi connectivity index (χ4v) is 2.72. The molecule has 1 aromatic rings. The zero-order chi connectivity index (χ0) is 13.9. The van der Waals surface area contributed by atoms with Crippen molar-refractivity contribution in [3.05, 3.63) is 30.3 Å². The Morgan fingerprint density at radius 1 is 1.42 bits per heavy atom. The number of benzene rings is 1. The van der Waals surface area contributed by atoms with E-state index in [4.69, 9.17) is 0 Å². The SMILES string of the molecule is CC(C)(O)C1CCCN1CC(=O)Nc1ccccc1. The van der Waals surface area contributed by atoms with E-state index < -0.39 is 5.60 Å². The lowest BCUT2D eigenvalue weighted by Gasteiger charge is -2.33. The molecule has 104 valence electrons. The van der Waals surface area contributed by atoms with Gasteiger partial charge in [0.2, 0.25) is 5.91 Å². The fourth-order valence-electron chi connectivity index (χ4n) is 2.72. The van der Waals surface area contributed by atoms with Gasteiger partial charge in [0.25, 0.3) is 0 Å². The van der Waals surface area contributed by atoms with Crippen LogP contribution in [0.1, 0.15) is 26.7 Å². The summed E-state index contributed by atoms with van der Waals surface area (Å²) >= 11 is 0. The molecule has 0 saturated carbocycles. The van der Waals surface area contributed by atoms with Crippen LogP contribution in [0.3, 0.4) is 0 Å². The van der Waals surface area contributed by atoms with Crippen molar-refractivity contribution in [2.45, 2.75) is 38.3 Å². The summed E-state index contributed by atoms with van der Waals surface area (Å²) in [6.07, 6.45) is 1.98. The van der Waals surface area contributed by atoms with Crippen molar-refractivity contribution in [1.29, 1.82) is 0 Å². The lowest BCUT2D eigenvalue weighted by atomic mass is 9.97. The van der Waals surface area contributed by atoms with Gasteiger partial charge in [-0.25, -0.2) is 0 Å². The van der Waals surface area contributed by atoms with E-state index in [1.165, 1.54) is 0 Å². The summed E-state index contributed by atoms with van der Waals surface area (Å²) in [6.45, 7) is 4.83. The Balaban J connectivity index is 1.92. The van der Waals surface area contributed by atoms with Crippen molar-refractivity contribution < 1.29 is 9.90 Å². The predicted molar refractivity (Wildman–Crippen MR) is 76.0 cm³/mol. The summed E-state index contributed by atoms with van der Waals surface area (Å²) in [5.74, 6) is -0.0256. The fraction of sp³-hybridized carbons (Fsp3) is 0.533. The van der Waals surface area contributed by atoms with Crippen molar-refractivity contribution >= 4 is 11.6 Å². The molecule has 0 aromatic heterocycles. The third-order valence-electron chi connectivity index (χ3n) is 3.58. The third-order valence-corrected chi connectivity index (χ3v) is 3.58. The molecule has 1 aromatic carbocycles. The second-order valence-corrected chi connectivity index (χ2v) is 5.70. The average Bonchev–Trinajstić information content (AvgIpc) is 2.78. The lowest BCUT2D eigenvalue weighted by Crippen LogP contribution is -2.48. The quantitative estimate of drug-likeness (QED) is 0.871. The Bertz CT molecular complexity index is 426. The second kappa shape index (κ2) is 5.72. The molecule has 0 spiro atoms. The van der Waals surface area contributed by atoms with Gasteiger partial charge in [-0.15, -0.1) is 0 Å². The summed E-state index contributed by atoms with van der Waals surface area (Å²) in [7, 11) is 0. The molecule has 0 bridgehead atoms.